The van der Waals surface area contributed by atoms with Crippen molar-refractivity contribution in [2.24, 2.45) is 0 Å². The van der Waals surface area contributed by atoms with Crippen LogP contribution in [-0.4, -0.2) is 62.5 Å². The summed E-state index contributed by atoms with van der Waals surface area (Å²) < 4.78 is 1.73. The highest BCUT2D eigenvalue weighted by Gasteiger charge is 2.19. The lowest BCUT2D eigenvalue weighted by molar-refractivity contribution is -0.131. The number of rotatable bonds is 4. The van der Waals surface area contributed by atoms with Crippen molar-refractivity contribution >= 4 is 30.0 Å². The average molecular weight is 514 g/mol. The van der Waals surface area contributed by atoms with Gasteiger partial charge in [0.05, 0.1) is 0 Å². The molecule has 0 radical (unpaired) electrons. The van der Waals surface area contributed by atoms with Gasteiger partial charge in [0.25, 0.3) is 5.78 Å². The Balaban J connectivity index is 0.00000361. The Bertz CT molecular complexity index is 1150. The third-order valence-corrected chi connectivity index (χ3v) is 6.69. The van der Waals surface area contributed by atoms with E-state index >= 15 is 0 Å². The van der Waals surface area contributed by atoms with E-state index in [0.717, 1.165) is 54.9 Å². The molecular weight excluding hydrogens is 478 g/mol. The molecule has 1 aliphatic rings. The lowest BCUT2D eigenvalue weighted by Crippen LogP contribution is -2.35. The van der Waals surface area contributed by atoms with E-state index < -0.39 is 0 Å². The van der Waals surface area contributed by atoms with E-state index in [4.69, 9.17) is 0 Å². The van der Waals surface area contributed by atoms with Crippen molar-refractivity contribution < 1.29 is 9.59 Å². The molecule has 1 saturated heterocycles. The highest BCUT2D eigenvalue weighted by atomic mass is 35.5. The molecule has 3 aromatic rings. The van der Waals surface area contributed by atoms with Crippen LogP contribution in [-0.2, 0) is 16.0 Å². The summed E-state index contributed by atoms with van der Waals surface area (Å²) in [5, 5.41) is 10.8. The van der Waals surface area contributed by atoms with Crippen LogP contribution in [0.25, 0.3) is 5.78 Å². The molecule has 194 valence electrons. The lowest BCUT2D eigenvalue weighted by Gasteiger charge is -2.23. The molecule has 2 aromatic heterocycles. The number of aromatic nitrogens is 4. The summed E-state index contributed by atoms with van der Waals surface area (Å²) in [4.78, 5) is 36.3. The number of aryl methyl sites for hydroxylation is 2. The van der Waals surface area contributed by atoms with Gasteiger partial charge >= 0.3 is 0 Å². The van der Waals surface area contributed by atoms with Crippen LogP contribution < -0.4 is 10.6 Å². The van der Waals surface area contributed by atoms with Gasteiger partial charge in [0, 0.05) is 49.9 Å². The minimum absolute atomic E-state index is 0. The molecule has 10 heteroatoms. The summed E-state index contributed by atoms with van der Waals surface area (Å²) in [6.45, 7) is 6.69. The predicted molar refractivity (Wildman–Crippen MR) is 141 cm³/mol. The maximum atomic E-state index is 13.2. The van der Waals surface area contributed by atoms with Crippen molar-refractivity contribution in [3.8, 4) is 0 Å². The van der Waals surface area contributed by atoms with Gasteiger partial charge in [0.15, 0.2) is 0 Å². The molecule has 36 heavy (non-hydrogen) atoms. The molecule has 1 aliphatic heterocycles. The molecule has 1 unspecified atom stereocenters. The van der Waals surface area contributed by atoms with Crippen LogP contribution in [0.5, 0.6) is 0 Å². The van der Waals surface area contributed by atoms with Crippen molar-refractivity contribution in [3.05, 3.63) is 59.2 Å². The van der Waals surface area contributed by atoms with Crippen LogP contribution in [0.15, 0.2) is 36.7 Å². The Morgan fingerprint density at radius 1 is 1.08 bits per heavy atom. The smallest absolute Gasteiger partial charge is 0.252 e. The summed E-state index contributed by atoms with van der Waals surface area (Å²) in [5.41, 5.74) is 4.04. The van der Waals surface area contributed by atoms with E-state index in [1.54, 1.807) is 4.52 Å². The normalized spacial score (nSPS) is 17.9. The Labute approximate surface area is 218 Å². The van der Waals surface area contributed by atoms with Crippen LogP contribution >= 0.6 is 12.4 Å². The fourth-order valence-electron chi connectivity index (χ4n) is 4.72. The van der Waals surface area contributed by atoms with E-state index in [1.165, 1.54) is 6.33 Å². The van der Waals surface area contributed by atoms with Crippen LogP contribution in [0.1, 0.15) is 60.7 Å². The minimum atomic E-state index is -0.00268. The van der Waals surface area contributed by atoms with Gasteiger partial charge in [-0.2, -0.15) is 10.1 Å². The second-order valence-corrected chi connectivity index (χ2v) is 9.15. The minimum Gasteiger partial charge on any atom is -0.356 e. The van der Waals surface area contributed by atoms with Crippen LogP contribution in [0, 0.1) is 13.8 Å². The molecule has 0 saturated carbocycles. The van der Waals surface area contributed by atoms with Crippen LogP contribution in [0.2, 0.25) is 0 Å². The number of carbonyl (C=O) groups excluding carboxylic acids is 2. The number of nitrogens with zero attached hydrogens (tertiary/aromatic N) is 5. The van der Waals surface area contributed by atoms with E-state index in [-0.39, 0.29) is 30.3 Å². The topological polar surface area (TPSA) is 105 Å². The third-order valence-electron chi connectivity index (χ3n) is 6.69. The number of benzene rings is 1. The standard InChI is InChI=1S/C26H35N7O2.ClH/c1-19-22(20(2)33-26(31-19)29-18-30-33)11-12-25(35)32-15-7-6-13-27-23(21-9-4-3-5-10-21)17-24(34)28-14-8-16-32;/h3-5,9-10,18,23,27H,6-8,11-17H2,1-2H3,(H,28,34);1H. The Kier molecular flexibility index (Phi) is 10.2. The Morgan fingerprint density at radius 2 is 1.86 bits per heavy atom. The van der Waals surface area contributed by atoms with Gasteiger partial charge in [-0.05, 0) is 57.2 Å². The van der Waals surface area contributed by atoms with Gasteiger partial charge < -0.3 is 15.5 Å². The molecule has 0 aliphatic carbocycles. The van der Waals surface area contributed by atoms with E-state index in [9.17, 15) is 9.59 Å². The SMILES string of the molecule is Cc1nc2ncnn2c(C)c1CCC(=O)N1CCCCNC(c2ccccc2)CC(=O)NCCC1.Cl. The molecule has 2 amide bonds. The second-order valence-electron chi connectivity index (χ2n) is 9.15. The first-order valence-corrected chi connectivity index (χ1v) is 12.5. The van der Waals surface area contributed by atoms with Gasteiger partial charge in [-0.3, -0.25) is 9.59 Å². The molecule has 0 spiro atoms. The van der Waals surface area contributed by atoms with E-state index in [2.05, 4.69) is 37.8 Å². The van der Waals surface area contributed by atoms with E-state index in [0.29, 0.717) is 38.1 Å². The fraction of sp³-hybridized carbons (Fsp3) is 0.500. The number of nitrogens with one attached hydrogen (secondary N) is 2. The number of amides is 2. The first-order chi connectivity index (χ1) is 17.0. The van der Waals surface area contributed by atoms with Crippen LogP contribution in [0.3, 0.4) is 0 Å². The molecule has 1 aromatic carbocycles. The van der Waals surface area contributed by atoms with E-state index in [1.807, 2.05) is 36.9 Å². The Hall–Kier alpha value is -3.04. The first kappa shape index (κ1) is 27.5. The molecule has 1 fully saturated rings. The third kappa shape index (κ3) is 7.01. The zero-order valence-corrected chi connectivity index (χ0v) is 21.9. The summed E-state index contributed by atoms with van der Waals surface area (Å²) in [6, 6.07) is 10.1. The van der Waals surface area contributed by atoms with Gasteiger partial charge in [-0.15, -0.1) is 12.4 Å². The Morgan fingerprint density at radius 3 is 2.67 bits per heavy atom. The number of fused-ring (bicyclic) bond motifs is 1. The highest BCUT2D eigenvalue weighted by Crippen LogP contribution is 2.18. The van der Waals surface area contributed by atoms with Crippen LogP contribution in [0.4, 0.5) is 0 Å². The van der Waals surface area contributed by atoms with Crippen molar-refractivity contribution in [2.45, 2.75) is 58.4 Å². The van der Waals surface area contributed by atoms with Gasteiger partial charge in [0.1, 0.15) is 6.33 Å². The monoisotopic (exact) mass is 513 g/mol. The number of halogens is 1. The quantitative estimate of drug-likeness (QED) is 0.556. The maximum absolute atomic E-state index is 13.2. The van der Waals surface area contributed by atoms with Gasteiger partial charge in [-0.1, -0.05) is 30.3 Å². The zero-order chi connectivity index (χ0) is 24.6. The summed E-state index contributed by atoms with van der Waals surface area (Å²) in [5.74, 6) is 0.753. The van der Waals surface area contributed by atoms with Crippen molar-refractivity contribution in [3.63, 3.8) is 0 Å². The van der Waals surface area contributed by atoms with Crippen molar-refractivity contribution in [1.29, 1.82) is 0 Å². The molecule has 0 bridgehead atoms. The summed E-state index contributed by atoms with van der Waals surface area (Å²) >= 11 is 0. The molecular formula is C26H36ClN7O2. The summed E-state index contributed by atoms with van der Waals surface area (Å²) in [6.07, 6.45) is 5.56. The summed E-state index contributed by atoms with van der Waals surface area (Å²) in [7, 11) is 0. The van der Waals surface area contributed by atoms with Gasteiger partial charge in [0.2, 0.25) is 11.8 Å². The second kappa shape index (κ2) is 13.3. The number of hydrogen-bond donors (Lipinski definition) is 2. The van der Waals surface area contributed by atoms with Crippen molar-refractivity contribution in [1.82, 2.24) is 35.1 Å². The predicted octanol–water partition coefficient (Wildman–Crippen LogP) is 2.95. The first-order valence-electron chi connectivity index (χ1n) is 12.5. The fourth-order valence-corrected chi connectivity index (χ4v) is 4.72. The van der Waals surface area contributed by atoms with Crippen molar-refractivity contribution in [2.75, 3.05) is 26.2 Å². The zero-order valence-electron chi connectivity index (χ0n) is 21.1. The molecule has 9 nitrogen and oxygen atoms in total. The largest absolute Gasteiger partial charge is 0.356 e. The van der Waals surface area contributed by atoms with Gasteiger partial charge in [-0.25, -0.2) is 9.50 Å². The highest BCUT2D eigenvalue weighted by molar-refractivity contribution is 5.85. The molecule has 4 rings (SSSR count). The average Bonchev–Trinajstić information content (AvgIpc) is 3.33. The molecule has 1 atom stereocenters. The maximum Gasteiger partial charge on any atom is 0.252 e. The number of carbonyl (C=O) groups is 2. The molecule has 2 N–H and O–H groups in total. The number of hydrogen-bond acceptors (Lipinski definition) is 6. The molecule has 3 heterocycles. The lowest BCUT2D eigenvalue weighted by atomic mass is 10.0.